The van der Waals surface area contributed by atoms with Crippen molar-refractivity contribution in [1.82, 2.24) is 0 Å². The van der Waals surface area contributed by atoms with Gasteiger partial charge >= 0.3 is 5.51 Å². The van der Waals surface area contributed by atoms with E-state index in [4.69, 9.17) is 11.6 Å². The van der Waals surface area contributed by atoms with Crippen molar-refractivity contribution in [2.45, 2.75) is 29.9 Å². The van der Waals surface area contributed by atoms with Gasteiger partial charge in [0.1, 0.15) is 11.6 Å². The third kappa shape index (κ3) is 3.33. The van der Waals surface area contributed by atoms with Gasteiger partial charge in [-0.1, -0.05) is 11.6 Å². The van der Waals surface area contributed by atoms with Gasteiger partial charge in [-0.3, -0.25) is 0 Å². The van der Waals surface area contributed by atoms with E-state index in [0.29, 0.717) is 30.5 Å². The number of sulfone groups is 1. The Labute approximate surface area is 162 Å². The zero-order valence-corrected chi connectivity index (χ0v) is 15.6. The topological polar surface area (TPSA) is 57.6 Å². The van der Waals surface area contributed by atoms with Gasteiger partial charge in [-0.05, 0) is 36.6 Å². The first-order valence-corrected chi connectivity index (χ1v) is 9.84. The van der Waals surface area contributed by atoms with Gasteiger partial charge in [-0.15, -0.1) is 0 Å². The molecule has 3 rings (SSSR count). The molecule has 0 atom stereocenters. The number of aliphatic hydroxyl groups excluding tert-OH is 1. The molecule has 0 fully saturated rings. The van der Waals surface area contributed by atoms with Crippen LogP contribution in [0.25, 0.3) is 0 Å². The summed E-state index contributed by atoms with van der Waals surface area (Å²) in [6.07, 6.45) is 0.856. The maximum absolute atomic E-state index is 14.4. The number of fused-ring (bicyclic) bond motifs is 1. The quantitative estimate of drug-likeness (QED) is 0.713. The number of hydrogen-bond acceptors (Lipinski definition) is 4. The van der Waals surface area contributed by atoms with Crippen molar-refractivity contribution in [3.63, 3.8) is 0 Å². The lowest BCUT2D eigenvalue weighted by atomic mass is 10.00. The van der Waals surface area contributed by atoms with Gasteiger partial charge in [-0.2, -0.15) is 13.2 Å². The lowest BCUT2D eigenvalue weighted by Gasteiger charge is -2.33. The van der Waals surface area contributed by atoms with Gasteiger partial charge in [-0.25, -0.2) is 17.2 Å². The summed E-state index contributed by atoms with van der Waals surface area (Å²) in [7, 11) is -5.75. The monoisotopic (exact) mass is 441 g/mol. The number of aryl methyl sites for hydroxylation is 1. The summed E-state index contributed by atoms with van der Waals surface area (Å²) in [6, 6.07) is 3.50. The first kappa shape index (κ1) is 20.8. The average molecular weight is 442 g/mol. The van der Waals surface area contributed by atoms with Crippen LogP contribution in [0.15, 0.2) is 29.2 Å². The number of nitrogens with zero attached hydrogens (tertiary/aromatic N) is 1. The van der Waals surface area contributed by atoms with E-state index in [1.165, 1.54) is 4.90 Å². The Morgan fingerprint density at radius 1 is 1.18 bits per heavy atom. The Kier molecular flexibility index (Phi) is 5.32. The summed E-state index contributed by atoms with van der Waals surface area (Å²) < 4.78 is 90.1. The molecule has 0 aromatic heterocycles. The third-order valence-corrected chi connectivity index (χ3v) is 6.42. The van der Waals surface area contributed by atoms with Crippen LogP contribution < -0.4 is 4.90 Å². The summed E-state index contributed by atoms with van der Waals surface area (Å²) in [5.41, 5.74) is -5.87. The van der Waals surface area contributed by atoms with E-state index in [1.807, 2.05) is 0 Å². The van der Waals surface area contributed by atoms with Crippen molar-refractivity contribution in [1.29, 1.82) is 0 Å². The number of alkyl halides is 3. The van der Waals surface area contributed by atoms with Crippen molar-refractivity contribution < 1.29 is 35.5 Å². The van der Waals surface area contributed by atoms with E-state index in [1.54, 1.807) is 0 Å². The van der Waals surface area contributed by atoms with Crippen molar-refractivity contribution >= 4 is 32.8 Å². The fourth-order valence-corrected chi connectivity index (χ4v) is 4.59. The summed E-state index contributed by atoms with van der Waals surface area (Å²) in [5, 5.41) is 9.02. The van der Waals surface area contributed by atoms with Crippen LogP contribution in [0.3, 0.4) is 0 Å². The summed E-state index contributed by atoms with van der Waals surface area (Å²) in [6.45, 7) is -0.866. The van der Waals surface area contributed by atoms with E-state index in [2.05, 4.69) is 0 Å². The number of rotatable bonds is 3. The second-order valence-electron chi connectivity index (χ2n) is 6.13. The highest BCUT2D eigenvalue weighted by Crippen LogP contribution is 2.43. The molecule has 0 spiro atoms. The molecule has 2 aromatic rings. The molecule has 4 nitrogen and oxygen atoms in total. The molecule has 0 amide bonds. The van der Waals surface area contributed by atoms with E-state index < -0.39 is 49.1 Å². The average Bonchev–Trinajstić information content (AvgIpc) is 2.59. The highest BCUT2D eigenvalue weighted by molar-refractivity contribution is 7.92. The van der Waals surface area contributed by atoms with Gasteiger partial charge in [0.15, 0.2) is 0 Å². The maximum Gasteiger partial charge on any atom is 0.501 e. The number of halogens is 6. The fraction of sp³-hybridized carbons (Fsp3) is 0.294. The molecule has 0 saturated carbocycles. The van der Waals surface area contributed by atoms with Gasteiger partial charge in [0.2, 0.25) is 0 Å². The molecule has 1 aliphatic rings. The van der Waals surface area contributed by atoms with Crippen molar-refractivity contribution in [2.24, 2.45) is 0 Å². The zero-order chi connectivity index (χ0) is 20.9. The molecule has 2 aromatic carbocycles. The molecule has 152 valence electrons. The van der Waals surface area contributed by atoms with E-state index >= 15 is 0 Å². The zero-order valence-electron chi connectivity index (χ0n) is 14.0. The Morgan fingerprint density at radius 3 is 2.46 bits per heavy atom. The molecule has 0 radical (unpaired) electrons. The predicted molar refractivity (Wildman–Crippen MR) is 92.3 cm³/mol. The van der Waals surface area contributed by atoms with E-state index in [-0.39, 0.29) is 17.9 Å². The molecular formula is C17H13ClF5NO3S. The van der Waals surface area contributed by atoms with Crippen LogP contribution in [0.5, 0.6) is 0 Å². The molecular weight excluding hydrogens is 429 g/mol. The first-order chi connectivity index (χ1) is 13.0. The minimum absolute atomic E-state index is 0.00451. The Morgan fingerprint density at radius 2 is 1.86 bits per heavy atom. The molecule has 0 saturated heterocycles. The Hall–Kier alpha value is -1.91. The smallest absolute Gasteiger partial charge is 0.392 e. The van der Waals surface area contributed by atoms with Crippen LogP contribution >= 0.6 is 11.6 Å². The predicted octanol–water partition coefficient (Wildman–Crippen LogP) is 4.49. The molecule has 1 N–H and O–H groups in total. The number of hydrogen-bond donors (Lipinski definition) is 1. The van der Waals surface area contributed by atoms with Crippen LogP contribution in [-0.2, 0) is 22.9 Å². The van der Waals surface area contributed by atoms with Crippen LogP contribution in [0, 0.1) is 11.6 Å². The normalized spacial score (nSPS) is 14.9. The number of benzene rings is 2. The van der Waals surface area contributed by atoms with Crippen molar-refractivity contribution in [2.75, 3.05) is 11.4 Å². The third-order valence-electron chi connectivity index (χ3n) is 4.43. The maximum atomic E-state index is 14.4. The lowest BCUT2D eigenvalue weighted by Crippen LogP contribution is -2.28. The standard InChI is InChI=1S/C17H13ClF5NO3S/c18-15-11(8-25)14(28(26,27)17(21,22)23)4-3-13(15)24-5-1-2-9-6-10(19)7-12(20)16(9)24/h3-4,6-7,25H,1-2,5,8H2. The lowest BCUT2D eigenvalue weighted by molar-refractivity contribution is -0.0436. The van der Waals surface area contributed by atoms with Crippen molar-refractivity contribution in [3.8, 4) is 0 Å². The Balaban J connectivity index is 2.20. The van der Waals surface area contributed by atoms with E-state index in [9.17, 15) is 35.5 Å². The van der Waals surface area contributed by atoms with Crippen molar-refractivity contribution in [3.05, 3.63) is 52.0 Å². The van der Waals surface area contributed by atoms with Gasteiger partial charge in [0.25, 0.3) is 9.84 Å². The highest BCUT2D eigenvalue weighted by atomic mass is 35.5. The van der Waals surface area contributed by atoms with Crippen LogP contribution in [0.4, 0.5) is 33.3 Å². The number of anilines is 2. The summed E-state index contributed by atoms with van der Waals surface area (Å²) >= 11 is 6.12. The second-order valence-corrected chi connectivity index (χ2v) is 8.42. The highest BCUT2D eigenvalue weighted by Gasteiger charge is 2.48. The van der Waals surface area contributed by atoms with E-state index in [0.717, 1.165) is 12.1 Å². The van der Waals surface area contributed by atoms with Gasteiger partial charge in [0, 0.05) is 18.2 Å². The minimum atomic E-state index is -5.75. The molecule has 0 bridgehead atoms. The molecule has 28 heavy (non-hydrogen) atoms. The summed E-state index contributed by atoms with van der Waals surface area (Å²) in [4.78, 5) is 0.159. The number of aliphatic hydroxyl groups is 1. The minimum Gasteiger partial charge on any atom is -0.392 e. The molecule has 11 heteroatoms. The molecule has 1 heterocycles. The fourth-order valence-electron chi connectivity index (χ4n) is 3.22. The molecule has 0 unspecified atom stereocenters. The summed E-state index contributed by atoms with van der Waals surface area (Å²) in [5.74, 6) is -1.66. The van der Waals surface area contributed by atoms with Gasteiger partial charge < -0.3 is 10.0 Å². The molecule has 0 aliphatic carbocycles. The second kappa shape index (κ2) is 7.16. The largest absolute Gasteiger partial charge is 0.501 e. The first-order valence-electron chi connectivity index (χ1n) is 7.98. The van der Waals surface area contributed by atoms with Crippen LogP contribution in [0.1, 0.15) is 17.5 Å². The van der Waals surface area contributed by atoms with Gasteiger partial charge in [0.05, 0.1) is 27.9 Å². The van der Waals surface area contributed by atoms with Crippen LogP contribution in [-0.4, -0.2) is 25.6 Å². The van der Waals surface area contributed by atoms with Crippen LogP contribution in [0.2, 0.25) is 5.02 Å². The Bertz CT molecular complexity index is 1040. The molecule has 1 aliphatic heterocycles. The SMILES string of the molecule is O=S(=O)(c1ccc(N2CCCc3cc(F)cc(F)c32)c(Cl)c1CO)C(F)(F)F.